The number of benzene rings is 1. The summed E-state index contributed by atoms with van der Waals surface area (Å²) < 4.78 is 38.7. The molecule has 0 fully saturated rings. The van der Waals surface area contributed by atoms with Crippen LogP contribution in [0.1, 0.15) is 98.3 Å². The van der Waals surface area contributed by atoms with Gasteiger partial charge in [-0.2, -0.15) is 0 Å². The summed E-state index contributed by atoms with van der Waals surface area (Å²) in [7, 11) is 0. The van der Waals surface area contributed by atoms with E-state index in [1.54, 1.807) is 24.3 Å². The summed E-state index contributed by atoms with van der Waals surface area (Å²) in [6.07, 6.45) is 14.8. The molecule has 1 aromatic carbocycles. The first kappa shape index (κ1) is 39.3. The molecule has 2 amide bonds. The van der Waals surface area contributed by atoms with E-state index in [4.69, 9.17) is 33.2 Å². The number of ether oxygens (including phenoxy) is 7. The first-order chi connectivity index (χ1) is 22.3. The Labute approximate surface area is 271 Å². The molecule has 0 atom stereocenters. The van der Waals surface area contributed by atoms with Crippen LogP contribution in [0, 0.1) is 0 Å². The van der Waals surface area contributed by atoms with Gasteiger partial charge in [0.05, 0.1) is 104 Å². The van der Waals surface area contributed by atoms with Gasteiger partial charge in [0.15, 0.2) is 0 Å². The summed E-state index contributed by atoms with van der Waals surface area (Å²) in [6, 6.07) is 6.85. The third kappa shape index (κ3) is 19.4. The fourth-order valence-electron chi connectivity index (χ4n) is 4.89. The topological polar surface area (TPSA) is 102 Å². The van der Waals surface area contributed by atoms with Crippen molar-refractivity contribution < 1.29 is 42.7 Å². The molecule has 1 heterocycles. The third-order valence-corrected chi connectivity index (χ3v) is 7.46. The highest BCUT2D eigenvalue weighted by Crippen LogP contribution is 2.21. The lowest BCUT2D eigenvalue weighted by Gasteiger charge is -2.13. The van der Waals surface area contributed by atoms with E-state index in [-0.39, 0.29) is 25.0 Å². The average molecular weight is 638 g/mol. The molecule has 1 aliphatic heterocycles. The molecule has 10 heteroatoms. The zero-order valence-corrected chi connectivity index (χ0v) is 27.8. The second kappa shape index (κ2) is 28.3. The summed E-state index contributed by atoms with van der Waals surface area (Å²) in [4.78, 5) is 25.8. The van der Waals surface area contributed by atoms with Crippen molar-refractivity contribution in [3.05, 3.63) is 35.4 Å². The lowest BCUT2D eigenvalue weighted by atomic mass is 10.1. The molecule has 0 radical (unpaired) electrons. The maximum absolute atomic E-state index is 12.3. The molecular formula is C35H59NO9. The van der Waals surface area contributed by atoms with Gasteiger partial charge in [0, 0.05) is 6.61 Å². The zero-order valence-electron chi connectivity index (χ0n) is 27.8. The quantitative estimate of drug-likeness (QED) is 0.0709. The van der Waals surface area contributed by atoms with Crippen molar-refractivity contribution in [2.75, 3.05) is 99.0 Å². The second-order valence-electron chi connectivity index (χ2n) is 11.1. The monoisotopic (exact) mass is 637 g/mol. The fourth-order valence-corrected chi connectivity index (χ4v) is 4.89. The number of hydrogen-bond acceptors (Lipinski definition) is 9. The molecule has 258 valence electrons. The number of rotatable bonds is 33. The molecule has 2 rings (SSSR count). The van der Waals surface area contributed by atoms with E-state index in [2.05, 4.69) is 6.92 Å². The van der Waals surface area contributed by atoms with Crippen LogP contribution in [-0.4, -0.2) is 116 Å². The van der Waals surface area contributed by atoms with Crippen molar-refractivity contribution in [3.8, 4) is 0 Å². The van der Waals surface area contributed by atoms with E-state index in [9.17, 15) is 9.59 Å². The van der Waals surface area contributed by atoms with Gasteiger partial charge in [-0.15, -0.1) is 0 Å². The number of amides is 2. The van der Waals surface area contributed by atoms with Crippen LogP contribution in [0.4, 0.5) is 0 Å². The number of imide groups is 1. The number of fused-ring (bicyclic) bond motifs is 1. The normalized spacial score (nSPS) is 12.9. The van der Waals surface area contributed by atoms with Crippen LogP contribution in [-0.2, 0) is 33.2 Å². The summed E-state index contributed by atoms with van der Waals surface area (Å²) >= 11 is 0. The summed E-state index contributed by atoms with van der Waals surface area (Å²) in [6.45, 7) is 9.67. The summed E-state index contributed by atoms with van der Waals surface area (Å²) in [5.41, 5.74) is 0.902. The van der Waals surface area contributed by atoms with Gasteiger partial charge in [0.2, 0.25) is 0 Å². The van der Waals surface area contributed by atoms with E-state index in [1.807, 2.05) is 0 Å². The van der Waals surface area contributed by atoms with Gasteiger partial charge < -0.3 is 33.2 Å². The highest BCUT2D eigenvalue weighted by molar-refractivity contribution is 6.21. The van der Waals surface area contributed by atoms with Crippen LogP contribution in [0.25, 0.3) is 0 Å². The predicted molar refractivity (Wildman–Crippen MR) is 174 cm³/mol. The molecule has 1 aromatic rings. The molecule has 0 saturated carbocycles. The maximum Gasteiger partial charge on any atom is 0.261 e. The molecular weight excluding hydrogens is 578 g/mol. The molecule has 45 heavy (non-hydrogen) atoms. The van der Waals surface area contributed by atoms with E-state index < -0.39 is 0 Å². The Kier molecular flexibility index (Phi) is 24.7. The summed E-state index contributed by atoms with van der Waals surface area (Å²) in [5, 5.41) is 0. The van der Waals surface area contributed by atoms with Crippen LogP contribution >= 0.6 is 0 Å². The Hall–Kier alpha value is -1.92. The van der Waals surface area contributed by atoms with Crippen molar-refractivity contribution in [2.45, 2.75) is 77.6 Å². The van der Waals surface area contributed by atoms with Crippen molar-refractivity contribution in [3.63, 3.8) is 0 Å². The van der Waals surface area contributed by atoms with Gasteiger partial charge in [0.1, 0.15) is 0 Å². The maximum atomic E-state index is 12.3. The number of hydrogen-bond donors (Lipinski definition) is 0. The molecule has 0 bridgehead atoms. The minimum atomic E-state index is -0.268. The van der Waals surface area contributed by atoms with E-state index in [1.165, 1.54) is 69.1 Å². The highest BCUT2D eigenvalue weighted by atomic mass is 16.6. The SMILES string of the molecule is CCCCCCCCCCCCCOCCOCCOCCOCCOCCOCCOCCN1C(=O)c2ccccc2C1=O. The largest absolute Gasteiger partial charge is 0.379 e. The van der Waals surface area contributed by atoms with Crippen LogP contribution in [0.15, 0.2) is 24.3 Å². The lowest BCUT2D eigenvalue weighted by molar-refractivity contribution is -0.0208. The Bertz CT molecular complexity index is 834. The van der Waals surface area contributed by atoms with Gasteiger partial charge in [-0.25, -0.2) is 0 Å². The molecule has 10 nitrogen and oxygen atoms in total. The average Bonchev–Trinajstić information content (AvgIpc) is 3.30. The molecule has 0 aromatic heterocycles. The lowest BCUT2D eigenvalue weighted by Crippen LogP contribution is -2.33. The Balaban J connectivity index is 1.19. The standard InChI is InChI=1S/C35H59NO9/c1-2-3-4-5-6-7-8-9-10-11-14-18-39-20-22-41-24-26-43-28-30-45-31-29-44-27-25-42-23-21-40-19-17-36-34(37)32-15-12-13-16-33(32)35(36)38/h12-13,15-16H,2-11,14,17-31H2,1H3. The first-order valence-electron chi connectivity index (χ1n) is 17.2. The van der Waals surface area contributed by atoms with Crippen molar-refractivity contribution >= 4 is 11.8 Å². The van der Waals surface area contributed by atoms with E-state index in [0.717, 1.165) is 13.0 Å². The van der Waals surface area contributed by atoms with Crippen molar-refractivity contribution in [1.82, 2.24) is 4.90 Å². The molecule has 0 saturated heterocycles. The fraction of sp³-hybridized carbons (Fsp3) is 0.771. The smallest absolute Gasteiger partial charge is 0.261 e. The van der Waals surface area contributed by atoms with Gasteiger partial charge in [-0.1, -0.05) is 83.3 Å². The van der Waals surface area contributed by atoms with E-state index in [0.29, 0.717) is 90.4 Å². The molecule has 0 aliphatic carbocycles. The number of carbonyl (C=O) groups excluding carboxylic acids is 2. The number of unbranched alkanes of at least 4 members (excludes halogenated alkanes) is 10. The summed E-state index contributed by atoms with van der Waals surface area (Å²) in [5.74, 6) is -0.536. The number of carbonyl (C=O) groups is 2. The Morgan fingerprint density at radius 3 is 1.11 bits per heavy atom. The zero-order chi connectivity index (χ0) is 32.0. The van der Waals surface area contributed by atoms with Gasteiger partial charge in [-0.05, 0) is 18.6 Å². The number of nitrogens with zero attached hydrogens (tertiary/aromatic N) is 1. The molecule has 0 spiro atoms. The van der Waals surface area contributed by atoms with Crippen LogP contribution in [0.3, 0.4) is 0 Å². The van der Waals surface area contributed by atoms with Crippen LogP contribution in [0.2, 0.25) is 0 Å². The van der Waals surface area contributed by atoms with Crippen molar-refractivity contribution in [1.29, 1.82) is 0 Å². The van der Waals surface area contributed by atoms with Gasteiger partial charge in [-0.3, -0.25) is 14.5 Å². The minimum Gasteiger partial charge on any atom is -0.379 e. The third-order valence-electron chi connectivity index (χ3n) is 7.46. The molecule has 1 aliphatic rings. The molecule has 0 unspecified atom stereocenters. The van der Waals surface area contributed by atoms with Gasteiger partial charge >= 0.3 is 0 Å². The molecule has 0 N–H and O–H groups in total. The van der Waals surface area contributed by atoms with Crippen LogP contribution in [0.5, 0.6) is 0 Å². The Morgan fingerprint density at radius 1 is 0.422 bits per heavy atom. The minimum absolute atomic E-state index is 0.225. The highest BCUT2D eigenvalue weighted by Gasteiger charge is 2.34. The first-order valence-corrected chi connectivity index (χ1v) is 17.2. The second-order valence-corrected chi connectivity index (χ2v) is 11.1. The predicted octanol–water partition coefficient (Wildman–Crippen LogP) is 5.71. The van der Waals surface area contributed by atoms with Crippen molar-refractivity contribution in [2.24, 2.45) is 0 Å². The van der Waals surface area contributed by atoms with Crippen LogP contribution < -0.4 is 0 Å². The van der Waals surface area contributed by atoms with Gasteiger partial charge in [0.25, 0.3) is 11.8 Å². The van der Waals surface area contributed by atoms with E-state index >= 15 is 0 Å². The Morgan fingerprint density at radius 2 is 0.733 bits per heavy atom.